The molecule has 4 nitrogen and oxygen atoms in total. The molecule has 3 aromatic heterocycles. The fraction of sp³-hybridized carbons (Fsp3) is 0. The first-order chi connectivity index (χ1) is 19.9. The lowest BCUT2D eigenvalue weighted by atomic mass is 9.61. The Morgan fingerprint density at radius 2 is 1.43 bits per heavy atom. The third-order valence-electron chi connectivity index (χ3n) is 8.79. The number of aromatic nitrogens is 2. The highest BCUT2D eigenvalue weighted by Gasteiger charge is 2.45. The summed E-state index contributed by atoms with van der Waals surface area (Å²) in [6, 6.07) is 41.3. The van der Waals surface area contributed by atoms with Gasteiger partial charge in [0.2, 0.25) is 0 Å². The van der Waals surface area contributed by atoms with Crippen molar-refractivity contribution in [2.45, 2.75) is 0 Å². The molecule has 2 aliphatic heterocycles. The lowest BCUT2D eigenvalue weighted by Gasteiger charge is -2.33. The van der Waals surface area contributed by atoms with Crippen LogP contribution in [0.1, 0.15) is 0 Å². The van der Waals surface area contributed by atoms with Crippen LogP contribution < -0.4 is 10.3 Å². The van der Waals surface area contributed by atoms with Gasteiger partial charge in [-0.15, -0.1) is 0 Å². The molecular weight excluding hydrogens is 489 g/mol. The van der Waals surface area contributed by atoms with E-state index in [2.05, 4.69) is 112 Å². The molecule has 0 N–H and O–H groups in total. The van der Waals surface area contributed by atoms with E-state index in [4.69, 9.17) is 9.40 Å². The molecule has 0 spiro atoms. The smallest absolute Gasteiger partial charge is 0.421 e. The largest absolute Gasteiger partial charge is 0.455 e. The number of hydrogen-bond acceptors (Lipinski definition) is 3. The summed E-state index contributed by atoms with van der Waals surface area (Å²) >= 11 is 0. The molecule has 0 bridgehead atoms. The first-order valence-electron chi connectivity index (χ1n) is 13.7. The number of fused-ring (bicyclic) bond motifs is 14. The van der Waals surface area contributed by atoms with Gasteiger partial charge >= 0.3 is 6.98 Å². The molecule has 10 rings (SSSR count). The van der Waals surface area contributed by atoms with E-state index in [-0.39, 0.29) is 6.98 Å². The van der Waals surface area contributed by atoms with Gasteiger partial charge in [0, 0.05) is 44.4 Å². The van der Waals surface area contributed by atoms with Crippen molar-refractivity contribution in [2.24, 2.45) is 0 Å². The molecule has 184 valence electrons. The van der Waals surface area contributed by atoms with Crippen LogP contribution in [0.3, 0.4) is 0 Å². The van der Waals surface area contributed by atoms with Crippen LogP contribution in [0.2, 0.25) is 0 Å². The van der Waals surface area contributed by atoms with Crippen molar-refractivity contribution < 1.29 is 4.42 Å². The minimum Gasteiger partial charge on any atom is -0.455 e. The third kappa shape index (κ3) is 2.42. The molecule has 0 aliphatic carbocycles. The van der Waals surface area contributed by atoms with Gasteiger partial charge in [0.25, 0.3) is 0 Å². The maximum Gasteiger partial charge on any atom is 0.421 e. The molecule has 0 radical (unpaired) electrons. The number of para-hydroxylation sites is 3. The fourth-order valence-corrected chi connectivity index (χ4v) is 7.20. The molecular formula is C35H20BN3O. The number of furan rings is 1. The predicted octanol–water partition coefficient (Wildman–Crippen LogP) is 8.13. The second-order valence-corrected chi connectivity index (χ2v) is 10.8. The zero-order valence-electron chi connectivity index (χ0n) is 21.4. The van der Waals surface area contributed by atoms with Crippen molar-refractivity contribution in [1.29, 1.82) is 0 Å². The average Bonchev–Trinajstić information content (AvgIpc) is 3.68. The van der Waals surface area contributed by atoms with Crippen LogP contribution in [-0.4, -0.2) is 16.4 Å². The van der Waals surface area contributed by atoms with Crippen LogP contribution in [0.25, 0.3) is 66.1 Å². The zero-order valence-corrected chi connectivity index (χ0v) is 21.4. The van der Waals surface area contributed by atoms with Crippen molar-refractivity contribution >= 4 is 67.6 Å². The van der Waals surface area contributed by atoms with Gasteiger partial charge in [-0.05, 0) is 47.4 Å². The summed E-state index contributed by atoms with van der Waals surface area (Å²) < 4.78 is 9.01. The molecule has 0 fully saturated rings. The van der Waals surface area contributed by atoms with Gasteiger partial charge in [0.15, 0.2) is 0 Å². The van der Waals surface area contributed by atoms with Crippen molar-refractivity contribution in [3.8, 4) is 22.4 Å². The lowest BCUT2D eigenvalue weighted by molar-refractivity contribution is 0.670. The number of rotatable bonds is 1. The molecule has 5 aromatic carbocycles. The summed E-state index contributed by atoms with van der Waals surface area (Å²) in [5.41, 5.74) is 12.5. The zero-order chi connectivity index (χ0) is 25.9. The molecule has 0 saturated carbocycles. The Bertz CT molecular complexity index is 2370. The average molecular weight is 509 g/mol. The lowest BCUT2D eigenvalue weighted by Crippen LogP contribution is -2.51. The summed E-state index contributed by atoms with van der Waals surface area (Å²) in [5.74, 6) is 0. The quantitative estimate of drug-likeness (QED) is 0.210. The molecule has 8 aromatic rings. The van der Waals surface area contributed by atoms with E-state index in [1.165, 1.54) is 38.5 Å². The Morgan fingerprint density at radius 3 is 2.40 bits per heavy atom. The van der Waals surface area contributed by atoms with Gasteiger partial charge in [0.1, 0.15) is 11.2 Å². The summed E-state index contributed by atoms with van der Waals surface area (Å²) in [7, 11) is 0. The van der Waals surface area contributed by atoms with Crippen molar-refractivity contribution in [3.63, 3.8) is 0 Å². The molecule has 40 heavy (non-hydrogen) atoms. The Hall–Kier alpha value is -5.29. The van der Waals surface area contributed by atoms with E-state index >= 15 is 0 Å². The van der Waals surface area contributed by atoms with E-state index in [9.17, 15) is 0 Å². The van der Waals surface area contributed by atoms with Crippen LogP contribution in [0.15, 0.2) is 126 Å². The van der Waals surface area contributed by atoms with Gasteiger partial charge in [0.05, 0.1) is 22.6 Å². The highest BCUT2D eigenvalue weighted by atomic mass is 16.3. The van der Waals surface area contributed by atoms with Crippen LogP contribution in [0.5, 0.6) is 0 Å². The second kappa shape index (κ2) is 7.22. The van der Waals surface area contributed by atoms with E-state index in [0.717, 1.165) is 44.4 Å². The van der Waals surface area contributed by atoms with Crippen molar-refractivity contribution in [1.82, 2.24) is 9.46 Å². The minimum absolute atomic E-state index is 0.0162. The van der Waals surface area contributed by atoms with Crippen LogP contribution >= 0.6 is 0 Å². The van der Waals surface area contributed by atoms with Gasteiger partial charge in [-0.2, -0.15) is 0 Å². The van der Waals surface area contributed by atoms with Crippen molar-refractivity contribution in [2.75, 3.05) is 4.81 Å². The van der Waals surface area contributed by atoms with Gasteiger partial charge < -0.3 is 13.7 Å². The Morgan fingerprint density at radius 1 is 0.625 bits per heavy atom. The number of nitrogens with zero attached hydrogens (tertiary/aromatic N) is 3. The number of anilines is 2. The van der Waals surface area contributed by atoms with E-state index in [0.29, 0.717) is 0 Å². The number of benzene rings is 5. The van der Waals surface area contributed by atoms with Crippen LogP contribution in [0.4, 0.5) is 11.4 Å². The molecule has 5 heterocycles. The number of hydrogen-bond donors (Lipinski definition) is 0. The SMILES string of the molecule is c1ccc2c(c1)B1N(c3cccnc3-2)c2cc(-c3cccc4c3oc3ccccc34)cc3c4ccccc4n1c23. The third-order valence-corrected chi connectivity index (χ3v) is 8.79. The summed E-state index contributed by atoms with van der Waals surface area (Å²) in [5, 5.41) is 4.82. The summed E-state index contributed by atoms with van der Waals surface area (Å²) in [6.07, 6.45) is 1.90. The monoisotopic (exact) mass is 509 g/mol. The van der Waals surface area contributed by atoms with Gasteiger partial charge in [-0.1, -0.05) is 78.9 Å². The standard InChI is InChI=1S/C35H20BN3O/c1-4-14-28-26(11-1)33-30(16-8-18-37-33)38-31-20-21(19-27-23-9-2-5-15-29(23)39(34(27)31)36(28)38)22-12-7-13-25-24-10-3-6-17-32(24)40-35(22)25/h1-20H. The normalized spacial score (nSPS) is 13.4. The Labute approximate surface area is 229 Å². The predicted molar refractivity (Wildman–Crippen MR) is 165 cm³/mol. The van der Waals surface area contributed by atoms with E-state index < -0.39 is 0 Å². The highest BCUT2D eigenvalue weighted by Crippen LogP contribution is 2.50. The molecule has 5 heteroatoms. The maximum absolute atomic E-state index is 6.49. The Balaban J connectivity index is 1.34. The second-order valence-electron chi connectivity index (χ2n) is 10.8. The first kappa shape index (κ1) is 20.6. The molecule has 0 saturated heterocycles. The van der Waals surface area contributed by atoms with Gasteiger partial charge in [-0.3, -0.25) is 4.98 Å². The first-order valence-corrected chi connectivity index (χ1v) is 13.7. The van der Waals surface area contributed by atoms with Crippen LogP contribution in [0, 0.1) is 0 Å². The van der Waals surface area contributed by atoms with E-state index in [1.807, 2.05) is 18.3 Å². The topological polar surface area (TPSA) is 34.2 Å². The number of pyridine rings is 1. The molecule has 2 aliphatic rings. The highest BCUT2D eigenvalue weighted by molar-refractivity contribution is 6.82. The van der Waals surface area contributed by atoms with Gasteiger partial charge in [-0.25, -0.2) is 0 Å². The molecule has 0 unspecified atom stereocenters. The fourth-order valence-electron chi connectivity index (χ4n) is 7.20. The van der Waals surface area contributed by atoms with Crippen molar-refractivity contribution in [3.05, 3.63) is 121 Å². The molecule has 0 atom stereocenters. The minimum atomic E-state index is 0.0162. The summed E-state index contributed by atoms with van der Waals surface area (Å²) in [4.78, 5) is 7.36. The summed E-state index contributed by atoms with van der Waals surface area (Å²) in [6.45, 7) is 0.0162. The molecule has 0 amide bonds. The maximum atomic E-state index is 6.49. The van der Waals surface area contributed by atoms with E-state index in [1.54, 1.807) is 0 Å². The Kier molecular flexibility index (Phi) is 3.73. The van der Waals surface area contributed by atoms with Crippen LogP contribution in [-0.2, 0) is 0 Å².